The molecule has 2 aromatic rings. The molecular weight excluding hydrogens is 264 g/mol. The molecule has 0 aliphatic rings. The third kappa shape index (κ3) is 4.20. The van der Waals surface area contributed by atoms with E-state index in [-0.39, 0.29) is 11.9 Å². The summed E-state index contributed by atoms with van der Waals surface area (Å²) in [7, 11) is 1.91. The molecule has 0 spiro atoms. The van der Waals surface area contributed by atoms with Crippen molar-refractivity contribution in [2.75, 3.05) is 12.4 Å². The lowest BCUT2D eigenvalue weighted by molar-refractivity contribution is -0.120. The molecule has 112 valence electrons. The molecular formula is C17H22N2O2. The molecule has 1 amide bonds. The molecule has 4 heteroatoms. The highest BCUT2D eigenvalue weighted by molar-refractivity contribution is 5.94. The number of aryl methyl sites for hydroxylation is 1. The summed E-state index contributed by atoms with van der Waals surface area (Å²) in [6.45, 7) is 4.61. The quantitative estimate of drug-likeness (QED) is 0.886. The van der Waals surface area contributed by atoms with E-state index >= 15 is 0 Å². The van der Waals surface area contributed by atoms with Crippen LogP contribution in [0, 0.1) is 0 Å². The fourth-order valence-corrected chi connectivity index (χ4v) is 2.06. The monoisotopic (exact) mass is 286 g/mol. The highest BCUT2D eigenvalue weighted by Gasteiger charge is 2.18. The Morgan fingerprint density at radius 1 is 1.29 bits per heavy atom. The lowest BCUT2D eigenvalue weighted by atomic mass is 10.1. The Morgan fingerprint density at radius 2 is 2.00 bits per heavy atom. The highest BCUT2D eigenvalue weighted by atomic mass is 16.3. The van der Waals surface area contributed by atoms with Crippen molar-refractivity contribution in [2.45, 2.75) is 32.9 Å². The Bertz CT molecular complexity index is 561. The van der Waals surface area contributed by atoms with Crippen molar-refractivity contribution in [1.29, 1.82) is 0 Å². The summed E-state index contributed by atoms with van der Waals surface area (Å²) in [6, 6.07) is 11.5. The molecule has 1 unspecified atom stereocenters. The van der Waals surface area contributed by atoms with Gasteiger partial charge in [-0.3, -0.25) is 9.69 Å². The van der Waals surface area contributed by atoms with Gasteiger partial charge >= 0.3 is 0 Å². The third-order valence-corrected chi connectivity index (χ3v) is 3.66. The largest absolute Gasteiger partial charge is 0.468 e. The van der Waals surface area contributed by atoms with E-state index in [1.54, 1.807) is 6.26 Å². The van der Waals surface area contributed by atoms with Crippen LogP contribution in [0.5, 0.6) is 0 Å². The summed E-state index contributed by atoms with van der Waals surface area (Å²) in [5, 5.41) is 2.94. The first-order chi connectivity index (χ1) is 10.1. The lowest BCUT2D eigenvalue weighted by Crippen LogP contribution is -2.39. The number of likely N-dealkylation sites (N-methyl/N-ethyl adjacent to an activating group) is 1. The fraction of sp³-hybridized carbons (Fsp3) is 0.353. The highest BCUT2D eigenvalue weighted by Crippen LogP contribution is 2.12. The number of nitrogens with one attached hydrogen (secondary N) is 1. The maximum atomic E-state index is 12.3. The molecule has 1 atom stereocenters. The molecule has 1 aromatic carbocycles. The van der Waals surface area contributed by atoms with Crippen molar-refractivity contribution in [1.82, 2.24) is 4.90 Å². The fourth-order valence-electron chi connectivity index (χ4n) is 2.06. The number of nitrogens with zero attached hydrogens (tertiary/aromatic N) is 1. The molecule has 21 heavy (non-hydrogen) atoms. The molecule has 4 nitrogen and oxygen atoms in total. The first-order valence-electron chi connectivity index (χ1n) is 7.22. The summed E-state index contributed by atoms with van der Waals surface area (Å²) in [4.78, 5) is 14.2. The van der Waals surface area contributed by atoms with Gasteiger partial charge in [0.15, 0.2) is 0 Å². The number of carbonyl (C=O) groups excluding carboxylic acids is 1. The van der Waals surface area contributed by atoms with Gasteiger partial charge in [-0.2, -0.15) is 0 Å². The third-order valence-electron chi connectivity index (χ3n) is 3.66. The van der Waals surface area contributed by atoms with Gasteiger partial charge < -0.3 is 9.73 Å². The SMILES string of the molecule is CCc1ccc(NC(=O)C(C)N(C)Cc2ccco2)cc1. The minimum absolute atomic E-state index is 0.0201. The van der Waals surface area contributed by atoms with E-state index in [1.807, 2.05) is 55.3 Å². The first kappa shape index (κ1) is 15.3. The van der Waals surface area contributed by atoms with Gasteiger partial charge in [-0.15, -0.1) is 0 Å². The van der Waals surface area contributed by atoms with E-state index in [2.05, 4.69) is 12.2 Å². The minimum atomic E-state index is -0.235. The number of anilines is 1. The molecule has 0 bridgehead atoms. The Morgan fingerprint density at radius 3 is 2.57 bits per heavy atom. The number of carbonyl (C=O) groups is 1. The van der Waals surface area contributed by atoms with Crippen molar-refractivity contribution >= 4 is 11.6 Å². The van der Waals surface area contributed by atoms with Crippen molar-refractivity contribution in [3.05, 3.63) is 54.0 Å². The minimum Gasteiger partial charge on any atom is -0.468 e. The Labute approximate surface area is 125 Å². The van der Waals surface area contributed by atoms with Crippen LogP contribution in [0.25, 0.3) is 0 Å². The van der Waals surface area contributed by atoms with E-state index in [1.165, 1.54) is 5.56 Å². The first-order valence-corrected chi connectivity index (χ1v) is 7.22. The molecule has 1 aromatic heterocycles. The van der Waals surface area contributed by atoms with Gasteiger partial charge in [-0.1, -0.05) is 19.1 Å². The average Bonchev–Trinajstić information content (AvgIpc) is 3.00. The van der Waals surface area contributed by atoms with E-state index in [0.29, 0.717) is 6.54 Å². The van der Waals surface area contributed by atoms with Crippen LogP contribution in [0.1, 0.15) is 25.2 Å². The van der Waals surface area contributed by atoms with Crippen LogP contribution in [0.15, 0.2) is 47.1 Å². The molecule has 1 heterocycles. The number of amides is 1. The normalized spacial score (nSPS) is 12.4. The Hall–Kier alpha value is -2.07. The second-order valence-electron chi connectivity index (χ2n) is 5.21. The summed E-state index contributed by atoms with van der Waals surface area (Å²) in [5.74, 6) is 0.831. The standard InChI is InChI=1S/C17H22N2O2/c1-4-14-7-9-15(10-8-14)18-17(20)13(2)19(3)12-16-6-5-11-21-16/h5-11,13H,4,12H2,1-3H3,(H,18,20). The number of rotatable bonds is 6. The van der Waals surface area contributed by atoms with Gasteiger partial charge in [0.05, 0.1) is 18.8 Å². The van der Waals surface area contributed by atoms with Gasteiger partial charge in [0.2, 0.25) is 5.91 Å². The zero-order chi connectivity index (χ0) is 15.2. The molecule has 0 fully saturated rings. The molecule has 1 N–H and O–H groups in total. The van der Waals surface area contributed by atoms with Crippen LogP contribution < -0.4 is 5.32 Å². The van der Waals surface area contributed by atoms with Crippen molar-refractivity contribution in [2.24, 2.45) is 0 Å². The van der Waals surface area contributed by atoms with Crippen LogP contribution in [-0.4, -0.2) is 23.9 Å². The van der Waals surface area contributed by atoms with E-state index < -0.39 is 0 Å². The summed E-state index contributed by atoms with van der Waals surface area (Å²) >= 11 is 0. The molecule has 0 saturated carbocycles. The summed E-state index contributed by atoms with van der Waals surface area (Å²) < 4.78 is 5.30. The average molecular weight is 286 g/mol. The van der Waals surface area contributed by atoms with Crippen molar-refractivity contribution < 1.29 is 9.21 Å². The second kappa shape index (κ2) is 7.09. The number of hydrogen-bond acceptors (Lipinski definition) is 3. The van der Waals surface area contributed by atoms with Crippen molar-refractivity contribution in [3.8, 4) is 0 Å². The topological polar surface area (TPSA) is 45.5 Å². The molecule has 0 radical (unpaired) electrons. The number of hydrogen-bond donors (Lipinski definition) is 1. The zero-order valence-electron chi connectivity index (χ0n) is 12.8. The smallest absolute Gasteiger partial charge is 0.241 e. The van der Waals surface area contributed by atoms with Crippen molar-refractivity contribution in [3.63, 3.8) is 0 Å². The van der Waals surface area contributed by atoms with Crippen LogP contribution in [0.3, 0.4) is 0 Å². The summed E-state index contributed by atoms with van der Waals surface area (Å²) in [6.07, 6.45) is 2.64. The summed E-state index contributed by atoms with van der Waals surface area (Å²) in [5.41, 5.74) is 2.09. The second-order valence-corrected chi connectivity index (χ2v) is 5.21. The molecule has 0 aliphatic heterocycles. The number of furan rings is 1. The van der Waals surface area contributed by atoms with Gasteiger partial charge in [-0.25, -0.2) is 0 Å². The lowest BCUT2D eigenvalue weighted by Gasteiger charge is -2.22. The predicted molar refractivity (Wildman–Crippen MR) is 84.1 cm³/mol. The maximum Gasteiger partial charge on any atom is 0.241 e. The van der Waals surface area contributed by atoms with Crippen LogP contribution in [0.4, 0.5) is 5.69 Å². The van der Waals surface area contributed by atoms with Gasteiger partial charge in [0.1, 0.15) is 5.76 Å². The molecule has 0 saturated heterocycles. The van der Waals surface area contributed by atoms with Gasteiger partial charge in [0.25, 0.3) is 0 Å². The number of benzene rings is 1. The predicted octanol–water partition coefficient (Wildman–Crippen LogP) is 3.30. The van der Waals surface area contributed by atoms with Crippen LogP contribution >= 0.6 is 0 Å². The molecule has 2 rings (SSSR count). The molecule has 0 aliphatic carbocycles. The maximum absolute atomic E-state index is 12.3. The van der Waals surface area contributed by atoms with Gasteiger partial charge in [-0.05, 0) is 50.2 Å². The van der Waals surface area contributed by atoms with E-state index in [9.17, 15) is 4.79 Å². The zero-order valence-corrected chi connectivity index (χ0v) is 12.8. The van der Waals surface area contributed by atoms with Crippen LogP contribution in [-0.2, 0) is 17.8 Å². The Balaban J connectivity index is 1.91. The van der Waals surface area contributed by atoms with E-state index in [0.717, 1.165) is 17.9 Å². The Kier molecular flexibility index (Phi) is 5.17. The van der Waals surface area contributed by atoms with Crippen LogP contribution in [0.2, 0.25) is 0 Å². The van der Waals surface area contributed by atoms with E-state index in [4.69, 9.17) is 4.42 Å². The van der Waals surface area contributed by atoms with Gasteiger partial charge in [0, 0.05) is 5.69 Å².